The van der Waals surface area contributed by atoms with Crippen LogP contribution >= 0.6 is 11.6 Å². The molecule has 54 heavy (non-hydrogen) atoms. The SMILES string of the molecule is CC(C)(C)[Si](C)(C)O/C=C(\F)C(=O)N1CCN(c2nc(OCC34CCCN3CCC4)nc3c2CCN(c2cccc4ccc(F)c(Cl)c24)C3)C[C@@H]1CC#N. The number of rotatable bonds is 9. The summed E-state index contributed by atoms with van der Waals surface area (Å²) in [6.07, 6.45) is 6.03. The highest BCUT2D eigenvalue weighted by Gasteiger charge is 2.45. The summed E-state index contributed by atoms with van der Waals surface area (Å²) in [5.74, 6) is -1.51. The van der Waals surface area contributed by atoms with Crippen LogP contribution in [0.2, 0.25) is 23.2 Å². The number of fused-ring (bicyclic) bond motifs is 3. The molecule has 3 aromatic rings. The highest BCUT2D eigenvalue weighted by atomic mass is 35.5. The zero-order valence-corrected chi connectivity index (χ0v) is 33.7. The van der Waals surface area contributed by atoms with Gasteiger partial charge in [0.25, 0.3) is 5.91 Å². The smallest absolute Gasteiger partial charge is 0.318 e. The maximum absolute atomic E-state index is 15.4. The summed E-state index contributed by atoms with van der Waals surface area (Å²) in [6, 6.07) is 10.9. The lowest BCUT2D eigenvalue weighted by Gasteiger charge is -2.42. The van der Waals surface area contributed by atoms with E-state index in [-0.39, 0.29) is 41.1 Å². The maximum atomic E-state index is 15.4. The monoisotopic (exact) mass is 777 g/mol. The molecule has 14 heteroatoms. The quantitative estimate of drug-likeness (QED) is 0.123. The second-order valence-electron chi connectivity index (χ2n) is 16.7. The van der Waals surface area contributed by atoms with Crippen LogP contribution in [0, 0.1) is 17.1 Å². The highest BCUT2D eigenvalue weighted by molar-refractivity contribution is 6.74. The van der Waals surface area contributed by atoms with Crippen LogP contribution in [0.4, 0.5) is 20.3 Å². The highest BCUT2D eigenvalue weighted by Crippen LogP contribution is 2.41. The summed E-state index contributed by atoms with van der Waals surface area (Å²) >= 11 is 6.56. The topological polar surface area (TPSA) is 98.1 Å². The van der Waals surface area contributed by atoms with Gasteiger partial charge in [-0.15, -0.1) is 0 Å². The Balaban J connectivity index is 1.18. The number of carbonyl (C=O) groups excluding carboxylic acids is 1. The average molecular weight is 778 g/mol. The third-order valence-electron chi connectivity index (χ3n) is 12.4. The molecule has 0 aliphatic carbocycles. The lowest BCUT2D eigenvalue weighted by Crippen LogP contribution is -2.56. The Morgan fingerprint density at radius 3 is 2.57 bits per heavy atom. The van der Waals surface area contributed by atoms with Crippen LogP contribution in [-0.4, -0.2) is 91.4 Å². The molecule has 0 N–H and O–H groups in total. The van der Waals surface area contributed by atoms with E-state index >= 15 is 4.39 Å². The molecular formula is C40H50ClF2N7O3Si. The molecule has 7 rings (SSSR count). The zero-order valence-electron chi connectivity index (χ0n) is 31.9. The lowest BCUT2D eigenvalue weighted by molar-refractivity contribution is -0.131. The molecule has 288 valence electrons. The van der Waals surface area contributed by atoms with Crippen molar-refractivity contribution in [1.82, 2.24) is 19.8 Å². The summed E-state index contributed by atoms with van der Waals surface area (Å²) in [5, 5.41) is 11.3. The van der Waals surface area contributed by atoms with Gasteiger partial charge < -0.3 is 23.9 Å². The Morgan fingerprint density at radius 1 is 1.09 bits per heavy atom. The Labute approximate surface area is 322 Å². The van der Waals surface area contributed by atoms with Crippen molar-refractivity contribution in [3.63, 3.8) is 0 Å². The van der Waals surface area contributed by atoms with Crippen LogP contribution in [0.1, 0.15) is 64.1 Å². The largest absolute Gasteiger partial charge is 0.546 e. The van der Waals surface area contributed by atoms with Gasteiger partial charge in [-0.1, -0.05) is 50.6 Å². The summed E-state index contributed by atoms with van der Waals surface area (Å²) in [6.45, 7) is 14.7. The number of anilines is 2. The van der Waals surface area contributed by atoms with Crippen molar-refractivity contribution >= 4 is 48.1 Å². The molecule has 4 aliphatic rings. The number of ether oxygens (including phenoxy) is 1. The minimum atomic E-state index is -2.34. The molecule has 4 aliphatic heterocycles. The van der Waals surface area contributed by atoms with Gasteiger partial charge in [-0.2, -0.15) is 19.6 Å². The van der Waals surface area contributed by atoms with Crippen molar-refractivity contribution in [2.45, 2.75) is 95.6 Å². The molecule has 2 aromatic carbocycles. The predicted octanol–water partition coefficient (Wildman–Crippen LogP) is 7.76. The average Bonchev–Trinajstić information content (AvgIpc) is 3.74. The summed E-state index contributed by atoms with van der Waals surface area (Å²) in [7, 11) is -2.34. The summed E-state index contributed by atoms with van der Waals surface area (Å²) < 4.78 is 42.6. The van der Waals surface area contributed by atoms with Crippen molar-refractivity contribution in [3.05, 3.63) is 64.5 Å². The van der Waals surface area contributed by atoms with E-state index in [0.29, 0.717) is 43.9 Å². The first kappa shape index (κ1) is 38.3. The van der Waals surface area contributed by atoms with Crippen LogP contribution in [-0.2, 0) is 22.2 Å². The molecule has 0 saturated carbocycles. The predicted molar refractivity (Wildman–Crippen MR) is 209 cm³/mol. The van der Waals surface area contributed by atoms with E-state index < -0.39 is 31.9 Å². The molecule has 0 spiro atoms. The van der Waals surface area contributed by atoms with Crippen molar-refractivity contribution in [2.24, 2.45) is 0 Å². The van der Waals surface area contributed by atoms with E-state index in [9.17, 15) is 14.4 Å². The van der Waals surface area contributed by atoms with Crippen LogP contribution in [0.5, 0.6) is 6.01 Å². The van der Waals surface area contributed by atoms with E-state index in [1.165, 1.54) is 11.0 Å². The fourth-order valence-corrected chi connectivity index (χ4v) is 9.31. The standard InChI is InChI=1S/C40H50ClF2N7O3Si/c1-39(2,3)54(4,5)53-25-31(43)37(51)50-22-21-48(23-28(50)13-17-44)36-29-14-20-47(33-10-6-9-27-11-12-30(42)35(41)34(27)33)24-32(29)45-38(46-36)52-26-40-15-7-18-49(40)19-8-16-40/h6,9-12,25,28H,7-8,13-16,18-24,26H2,1-5H3/b31-25-/t28-/m0/s1. The maximum Gasteiger partial charge on any atom is 0.318 e. The third-order valence-corrected chi connectivity index (χ3v) is 17.1. The van der Waals surface area contributed by atoms with Crippen LogP contribution in [0.15, 0.2) is 42.4 Å². The number of carbonyl (C=O) groups is 1. The number of hydrogen-bond donors (Lipinski definition) is 0. The molecule has 5 heterocycles. The Kier molecular flexibility index (Phi) is 10.6. The third kappa shape index (κ3) is 7.24. The first-order chi connectivity index (χ1) is 25.7. The van der Waals surface area contributed by atoms with Gasteiger partial charge in [-0.25, -0.2) is 4.39 Å². The number of halogens is 3. The van der Waals surface area contributed by atoms with Gasteiger partial charge in [-0.3, -0.25) is 9.69 Å². The van der Waals surface area contributed by atoms with Crippen molar-refractivity contribution in [2.75, 3.05) is 55.7 Å². The minimum absolute atomic E-state index is 0.00892. The fourth-order valence-electron chi connectivity index (χ4n) is 8.29. The lowest BCUT2D eigenvalue weighted by atomic mass is 9.95. The van der Waals surface area contributed by atoms with Gasteiger partial charge in [0, 0.05) is 42.8 Å². The van der Waals surface area contributed by atoms with Gasteiger partial charge in [-0.05, 0) is 80.8 Å². The van der Waals surface area contributed by atoms with Crippen LogP contribution in [0.3, 0.4) is 0 Å². The molecule has 3 fully saturated rings. The molecule has 3 saturated heterocycles. The number of benzene rings is 2. The Hall–Kier alpha value is -3.99. The Morgan fingerprint density at radius 2 is 1.85 bits per heavy atom. The summed E-state index contributed by atoms with van der Waals surface area (Å²) in [5.41, 5.74) is 2.57. The first-order valence-electron chi connectivity index (χ1n) is 19.1. The number of nitrogens with zero attached hydrogens (tertiary/aromatic N) is 7. The zero-order chi connectivity index (χ0) is 38.4. The molecular weight excluding hydrogens is 728 g/mol. The van der Waals surface area contributed by atoms with Gasteiger partial charge >= 0.3 is 6.01 Å². The number of nitriles is 1. The van der Waals surface area contributed by atoms with E-state index in [0.717, 1.165) is 67.4 Å². The molecule has 1 aromatic heterocycles. The van der Waals surface area contributed by atoms with Crippen LogP contribution < -0.4 is 14.5 Å². The number of aromatic nitrogens is 2. The molecule has 1 atom stereocenters. The minimum Gasteiger partial charge on any atom is -0.546 e. The van der Waals surface area contributed by atoms with Gasteiger partial charge in [0.15, 0.2) is 0 Å². The Bertz CT molecular complexity index is 1990. The molecule has 0 radical (unpaired) electrons. The van der Waals surface area contributed by atoms with Crippen LogP contribution in [0.25, 0.3) is 10.8 Å². The number of amides is 1. The molecule has 0 unspecified atom stereocenters. The second kappa shape index (κ2) is 14.9. The number of piperazine rings is 1. The second-order valence-corrected chi connectivity index (χ2v) is 21.8. The van der Waals surface area contributed by atoms with Gasteiger partial charge in [0.05, 0.1) is 41.3 Å². The number of hydrogen-bond acceptors (Lipinski definition) is 9. The first-order valence-corrected chi connectivity index (χ1v) is 22.4. The molecule has 1 amide bonds. The molecule has 0 bridgehead atoms. The van der Waals surface area contributed by atoms with E-state index in [1.54, 1.807) is 6.07 Å². The van der Waals surface area contributed by atoms with Gasteiger partial charge in [0.1, 0.15) is 24.5 Å². The van der Waals surface area contributed by atoms with Gasteiger partial charge in [0.2, 0.25) is 14.1 Å². The van der Waals surface area contributed by atoms with E-state index in [2.05, 4.69) is 20.8 Å². The molecule has 10 nitrogen and oxygen atoms in total. The van der Waals surface area contributed by atoms with Crippen molar-refractivity contribution in [1.29, 1.82) is 5.26 Å². The van der Waals surface area contributed by atoms with Crippen molar-refractivity contribution in [3.8, 4) is 12.1 Å². The summed E-state index contributed by atoms with van der Waals surface area (Å²) in [4.78, 5) is 31.8. The van der Waals surface area contributed by atoms with E-state index in [4.69, 9.17) is 30.7 Å². The van der Waals surface area contributed by atoms with Crippen molar-refractivity contribution < 1.29 is 22.7 Å². The normalized spacial score (nSPS) is 20.5. The fraction of sp³-hybridized carbons (Fsp3) is 0.550. The van der Waals surface area contributed by atoms with E-state index in [1.807, 2.05) is 52.1 Å².